The third kappa shape index (κ3) is 2.10. The van der Waals surface area contributed by atoms with E-state index in [-0.39, 0.29) is 5.35 Å². The molecule has 0 spiro atoms. The molecule has 0 saturated heterocycles. The second-order valence-electron chi connectivity index (χ2n) is 2.73. The molecule has 0 radical (unpaired) electrons. The Kier molecular flexibility index (Phi) is 2.87. The van der Waals surface area contributed by atoms with E-state index in [0.717, 1.165) is 0 Å². The summed E-state index contributed by atoms with van der Waals surface area (Å²) in [6.07, 6.45) is 1.46. The third-order valence-corrected chi connectivity index (χ3v) is 2.01. The van der Waals surface area contributed by atoms with Crippen LogP contribution in [0.15, 0.2) is 34.9 Å². The van der Waals surface area contributed by atoms with Crippen LogP contribution >= 0.6 is 11.6 Å². The van der Waals surface area contributed by atoms with Crippen molar-refractivity contribution in [2.24, 2.45) is 0 Å². The Bertz CT molecular complexity index is 458. The second-order valence-corrected chi connectivity index (χ2v) is 3.05. The maximum Gasteiger partial charge on any atom is 0.292 e. The molecule has 3 nitrogen and oxygen atoms in total. The van der Waals surface area contributed by atoms with Crippen molar-refractivity contribution in [2.45, 2.75) is 0 Å². The molecule has 0 N–H and O–H groups in total. The molecule has 1 aromatic heterocycles. The van der Waals surface area contributed by atoms with Crippen LogP contribution in [0.1, 0.15) is 0 Å². The summed E-state index contributed by atoms with van der Waals surface area (Å²) in [6, 6.07) is 6.91. The minimum Gasteiger partial charge on any atom is -0.462 e. The minimum atomic E-state index is -0.890. The maximum atomic E-state index is 12.1. The lowest BCUT2D eigenvalue weighted by Crippen LogP contribution is -1.91. The number of oxazole rings is 1. The Hall–Kier alpha value is -1.55. The highest BCUT2D eigenvalue weighted by molar-refractivity contribution is 6.27. The molecule has 0 bridgehead atoms. The van der Waals surface area contributed by atoms with Gasteiger partial charge >= 0.3 is 0 Å². The van der Waals surface area contributed by atoms with Crippen molar-refractivity contribution < 1.29 is 13.5 Å². The van der Waals surface area contributed by atoms with Gasteiger partial charge in [0.05, 0.1) is 11.8 Å². The number of halogens is 2. The SMILES string of the molecule is FCOc1ccccc1-c1cnc(Cl)o1. The number of ether oxygens (including phenoxy) is 1. The standard InChI is InChI=1S/C10H7ClFNO2/c11-10-13-5-9(15-10)7-3-1-2-4-8(7)14-6-12/h1-5H,6H2. The fourth-order valence-electron chi connectivity index (χ4n) is 1.23. The summed E-state index contributed by atoms with van der Waals surface area (Å²) in [4.78, 5) is 3.74. The Balaban J connectivity index is 2.42. The molecular formula is C10H7ClFNO2. The molecule has 0 aliphatic carbocycles. The number of nitrogens with zero attached hydrogens (tertiary/aromatic N) is 1. The molecule has 0 amide bonds. The average molecular weight is 228 g/mol. The van der Waals surface area contributed by atoms with Gasteiger partial charge in [-0.1, -0.05) is 12.1 Å². The van der Waals surface area contributed by atoms with Gasteiger partial charge in [0.15, 0.2) is 5.76 Å². The van der Waals surface area contributed by atoms with Crippen LogP contribution in [0.25, 0.3) is 11.3 Å². The Morgan fingerprint density at radius 3 is 2.87 bits per heavy atom. The van der Waals surface area contributed by atoms with Crippen LogP contribution in [-0.2, 0) is 0 Å². The number of rotatable bonds is 3. The zero-order chi connectivity index (χ0) is 10.7. The van der Waals surface area contributed by atoms with Gasteiger partial charge in [0, 0.05) is 0 Å². The molecule has 15 heavy (non-hydrogen) atoms. The number of benzene rings is 1. The van der Waals surface area contributed by atoms with Crippen molar-refractivity contribution in [3.63, 3.8) is 0 Å². The topological polar surface area (TPSA) is 35.3 Å². The van der Waals surface area contributed by atoms with Gasteiger partial charge in [0.1, 0.15) is 5.75 Å². The van der Waals surface area contributed by atoms with Crippen LogP contribution in [0.5, 0.6) is 5.75 Å². The van der Waals surface area contributed by atoms with E-state index >= 15 is 0 Å². The van der Waals surface area contributed by atoms with Crippen molar-refractivity contribution in [2.75, 3.05) is 6.86 Å². The van der Waals surface area contributed by atoms with Gasteiger partial charge in [-0.25, -0.2) is 9.37 Å². The van der Waals surface area contributed by atoms with Gasteiger partial charge in [0.25, 0.3) is 5.35 Å². The molecule has 0 fully saturated rings. The Labute approximate surface area is 90.4 Å². The highest BCUT2D eigenvalue weighted by atomic mass is 35.5. The second kappa shape index (κ2) is 4.31. The first-order chi connectivity index (χ1) is 7.31. The first-order valence-corrected chi connectivity index (χ1v) is 4.58. The first-order valence-electron chi connectivity index (χ1n) is 4.21. The predicted octanol–water partition coefficient (Wildman–Crippen LogP) is 3.30. The Morgan fingerprint density at radius 2 is 2.20 bits per heavy atom. The quantitative estimate of drug-likeness (QED) is 0.807. The molecule has 0 aliphatic heterocycles. The molecule has 0 saturated carbocycles. The fraction of sp³-hybridized carbons (Fsp3) is 0.100. The number of alkyl halides is 1. The van der Waals surface area contributed by atoms with Crippen molar-refractivity contribution in [1.82, 2.24) is 4.98 Å². The molecule has 2 rings (SSSR count). The Morgan fingerprint density at radius 1 is 1.40 bits per heavy atom. The molecule has 1 aromatic carbocycles. The summed E-state index contributed by atoms with van der Waals surface area (Å²) in [7, 11) is 0. The first kappa shape index (κ1) is 9.98. The summed E-state index contributed by atoms with van der Waals surface area (Å²) < 4.78 is 22.0. The summed E-state index contributed by atoms with van der Waals surface area (Å²) in [5.41, 5.74) is 0.620. The highest BCUT2D eigenvalue weighted by Crippen LogP contribution is 2.31. The number of aromatic nitrogens is 1. The van der Waals surface area contributed by atoms with E-state index in [2.05, 4.69) is 4.98 Å². The smallest absolute Gasteiger partial charge is 0.292 e. The van der Waals surface area contributed by atoms with Crippen molar-refractivity contribution >= 4 is 11.6 Å². The summed E-state index contributed by atoms with van der Waals surface area (Å²) in [5.74, 6) is 0.844. The molecule has 0 unspecified atom stereocenters. The van der Waals surface area contributed by atoms with E-state index in [9.17, 15) is 4.39 Å². The number of para-hydroxylation sites is 1. The lowest BCUT2D eigenvalue weighted by atomic mass is 10.1. The van der Waals surface area contributed by atoms with Gasteiger partial charge in [-0.2, -0.15) is 0 Å². The molecule has 0 aliphatic rings. The molecule has 2 aromatic rings. The lowest BCUT2D eigenvalue weighted by molar-refractivity contribution is 0.192. The van der Waals surface area contributed by atoms with Crippen LogP contribution in [0.4, 0.5) is 4.39 Å². The third-order valence-electron chi connectivity index (χ3n) is 1.84. The summed E-state index contributed by atoms with van der Waals surface area (Å²) in [6.45, 7) is -0.890. The minimum absolute atomic E-state index is 0.0417. The van der Waals surface area contributed by atoms with Crippen LogP contribution in [0.3, 0.4) is 0 Å². The highest BCUT2D eigenvalue weighted by Gasteiger charge is 2.10. The van der Waals surface area contributed by atoms with Crippen LogP contribution in [0.2, 0.25) is 5.35 Å². The van der Waals surface area contributed by atoms with E-state index in [0.29, 0.717) is 17.1 Å². The van der Waals surface area contributed by atoms with Gasteiger partial charge in [-0.3, -0.25) is 0 Å². The fourth-order valence-corrected chi connectivity index (χ4v) is 1.36. The van der Waals surface area contributed by atoms with Crippen LogP contribution < -0.4 is 4.74 Å². The van der Waals surface area contributed by atoms with E-state index in [1.54, 1.807) is 24.3 Å². The average Bonchev–Trinajstić information content (AvgIpc) is 2.66. The van der Waals surface area contributed by atoms with Crippen molar-refractivity contribution in [3.05, 3.63) is 35.8 Å². The van der Waals surface area contributed by atoms with E-state index in [4.69, 9.17) is 20.8 Å². The van der Waals surface area contributed by atoms with E-state index < -0.39 is 6.86 Å². The molecular weight excluding hydrogens is 221 g/mol. The summed E-state index contributed by atoms with van der Waals surface area (Å²) >= 11 is 5.55. The van der Waals surface area contributed by atoms with Gasteiger partial charge in [0.2, 0.25) is 6.86 Å². The van der Waals surface area contributed by atoms with Gasteiger partial charge in [-0.05, 0) is 23.7 Å². The number of hydrogen-bond acceptors (Lipinski definition) is 3. The van der Waals surface area contributed by atoms with Crippen LogP contribution in [-0.4, -0.2) is 11.8 Å². The zero-order valence-electron chi connectivity index (χ0n) is 7.61. The molecule has 78 valence electrons. The van der Waals surface area contributed by atoms with Crippen molar-refractivity contribution in [3.8, 4) is 17.1 Å². The number of hydrogen-bond donors (Lipinski definition) is 0. The monoisotopic (exact) mass is 227 g/mol. The van der Waals surface area contributed by atoms with Crippen LogP contribution in [0, 0.1) is 0 Å². The maximum absolute atomic E-state index is 12.1. The molecule has 5 heteroatoms. The summed E-state index contributed by atoms with van der Waals surface area (Å²) in [5, 5.41) is 0.0417. The largest absolute Gasteiger partial charge is 0.462 e. The predicted molar refractivity (Wildman–Crippen MR) is 53.6 cm³/mol. The normalized spacial score (nSPS) is 10.3. The van der Waals surface area contributed by atoms with E-state index in [1.165, 1.54) is 6.20 Å². The van der Waals surface area contributed by atoms with Gasteiger partial charge < -0.3 is 9.15 Å². The van der Waals surface area contributed by atoms with Gasteiger partial charge in [-0.15, -0.1) is 0 Å². The van der Waals surface area contributed by atoms with Crippen molar-refractivity contribution in [1.29, 1.82) is 0 Å². The molecule has 1 heterocycles. The lowest BCUT2D eigenvalue weighted by Gasteiger charge is -2.05. The van der Waals surface area contributed by atoms with E-state index in [1.807, 2.05) is 0 Å². The molecule has 0 atom stereocenters. The zero-order valence-corrected chi connectivity index (χ0v) is 8.37.